The van der Waals surface area contributed by atoms with Crippen molar-refractivity contribution in [3.05, 3.63) is 94.0 Å². The standard InChI is InChI=1S/C30H33Cl2N3O4S/c1-21-9-3-8-14-28(21)35(40(38,39)26-17-15-24(31)16-18-26)20-29(36)34(19-23-10-4-7-13-27(23)32)22(2)30(37)33-25-11-5-6-12-25/h3-4,7-10,13-18,22,25H,5-6,11-12,19-20H2,1-2H3,(H,33,37)/t22-/m0/s1. The molecule has 0 saturated heterocycles. The molecule has 0 aliphatic heterocycles. The maximum atomic E-state index is 14.0. The zero-order valence-corrected chi connectivity index (χ0v) is 24.8. The quantitative estimate of drug-likeness (QED) is 0.310. The highest BCUT2D eigenvalue weighted by Gasteiger charge is 2.34. The lowest BCUT2D eigenvalue weighted by atomic mass is 10.1. The number of nitrogens with one attached hydrogen (secondary N) is 1. The molecule has 1 atom stereocenters. The number of halogens is 2. The number of carbonyl (C=O) groups excluding carboxylic acids is 2. The van der Waals surface area contributed by atoms with E-state index in [-0.39, 0.29) is 23.4 Å². The SMILES string of the molecule is Cc1ccccc1N(CC(=O)N(Cc1ccccc1Cl)[C@@H](C)C(=O)NC1CCCC1)S(=O)(=O)c1ccc(Cl)cc1. The Bertz CT molecular complexity index is 1460. The number of nitrogens with zero attached hydrogens (tertiary/aromatic N) is 2. The topological polar surface area (TPSA) is 86.8 Å². The highest BCUT2D eigenvalue weighted by molar-refractivity contribution is 7.92. The molecule has 2 amide bonds. The second kappa shape index (κ2) is 13.1. The van der Waals surface area contributed by atoms with E-state index in [2.05, 4.69) is 5.32 Å². The number of hydrogen-bond donors (Lipinski definition) is 1. The van der Waals surface area contributed by atoms with Crippen molar-refractivity contribution in [3.8, 4) is 0 Å². The van der Waals surface area contributed by atoms with Gasteiger partial charge >= 0.3 is 0 Å². The van der Waals surface area contributed by atoms with Crippen LogP contribution in [-0.4, -0.2) is 43.8 Å². The maximum absolute atomic E-state index is 14.0. The minimum absolute atomic E-state index is 0.00219. The van der Waals surface area contributed by atoms with Crippen LogP contribution in [0, 0.1) is 6.92 Å². The predicted octanol–water partition coefficient (Wildman–Crippen LogP) is 5.97. The third-order valence-corrected chi connectivity index (χ3v) is 9.63. The monoisotopic (exact) mass is 601 g/mol. The Morgan fingerprint density at radius 3 is 2.23 bits per heavy atom. The third kappa shape index (κ3) is 6.97. The van der Waals surface area contributed by atoms with Gasteiger partial charge in [-0.15, -0.1) is 0 Å². The molecule has 10 heteroatoms. The zero-order valence-electron chi connectivity index (χ0n) is 22.5. The van der Waals surface area contributed by atoms with Crippen LogP contribution in [0.5, 0.6) is 0 Å². The van der Waals surface area contributed by atoms with Gasteiger partial charge in [0.25, 0.3) is 10.0 Å². The second-order valence-electron chi connectivity index (χ2n) is 10.0. The van der Waals surface area contributed by atoms with E-state index < -0.39 is 28.5 Å². The van der Waals surface area contributed by atoms with Crippen LogP contribution < -0.4 is 9.62 Å². The number of rotatable bonds is 10. The van der Waals surface area contributed by atoms with Gasteiger partial charge in [-0.2, -0.15) is 0 Å². The number of para-hydroxylation sites is 1. The van der Waals surface area contributed by atoms with Gasteiger partial charge in [0.15, 0.2) is 0 Å². The van der Waals surface area contributed by atoms with Gasteiger partial charge in [0.2, 0.25) is 11.8 Å². The van der Waals surface area contributed by atoms with Crippen LogP contribution in [0.3, 0.4) is 0 Å². The Labute approximate surface area is 246 Å². The molecule has 4 rings (SSSR count). The van der Waals surface area contributed by atoms with E-state index in [9.17, 15) is 18.0 Å². The first-order valence-electron chi connectivity index (χ1n) is 13.2. The number of benzene rings is 3. The Kier molecular flexibility index (Phi) is 9.77. The average molecular weight is 603 g/mol. The molecule has 0 unspecified atom stereocenters. The van der Waals surface area contributed by atoms with Crippen LogP contribution in [0.1, 0.15) is 43.7 Å². The fourth-order valence-corrected chi connectivity index (χ4v) is 6.68. The molecule has 7 nitrogen and oxygen atoms in total. The molecule has 1 N–H and O–H groups in total. The fourth-order valence-electron chi connectivity index (χ4n) is 4.88. The van der Waals surface area contributed by atoms with Crippen molar-refractivity contribution >= 4 is 50.7 Å². The summed E-state index contributed by atoms with van der Waals surface area (Å²) in [4.78, 5) is 28.7. The van der Waals surface area contributed by atoms with Crippen molar-refractivity contribution in [2.75, 3.05) is 10.8 Å². The van der Waals surface area contributed by atoms with Gasteiger partial charge in [-0.1, -0.05) is 72.4 Å². The Morgan fingerprint density at radius 2 is 1.57 bits per heavy atom. The largest absolute Gasteiger partial charge is 0.352 e. The van der Waals surface area contributed by atoms with Crippen molar-refractivity contribution in [2.24, 2.45) is 0 Å². The lowest BCUT2D eigenvalue weighted by Gasteiger charge is -2.33. The summed E-state index contributed by atoms with van der Waals surface area (Å²) in [5.74, 6) is -0.815. The van der Waals surface area contributed by atoms with Crippen molar-refractivity contribution in [1.29, 1.82) is 0 Å². The van der Waals surface area contributed by atoms with E-state index in [1.807, 2.05) is 0 Å². The van der Waals surface area contributed by atoms with Gasteiger partial charge in [-0.05, 0) is 74.2 Å². The Balaban J connectivity index is 1.70. The van der Waals surface area contributed by atoms with E-state index in [1.165, 1.54) is 29.2 Å². The lowest BCUT2D eigenvalue weighted by molar-refractivity contribution is -0.139. The molecule has 0 aromatic heterocycles. The third-order valence-electron chi connectivity index (χ3n) is 7.23. The van der Waals surface area contributed by atoms with Gasteiger partial charge in [-0.3, -0.25) is 13.9 Å². The molecule has 0 spiro atoms. The molecule has 1 fully saturated rings. The Morgan fingerprint density at radius 1 is 0.950 bits per heavy atom. The summed E-state index contributed by atoms with van der Waals surface area (Å²) >= 11 is 12.4. The number of hydrogen-bond acceptors (Lipinski definition) is 4. The van der Waals surface area contributed by atoms with Gasteiger partial charge < -0.3 is 10.2 Å². The summed E-state index contributed by atoms with van der Waals surface area (Å²) in [6.07, 6.45) is 3.90. The number of anilines is 1. The minimum atomic E-state index is -4.17. The van der Waals surface area contributed by atoms with E-state index in [4.69, 9.17) is 23.2 Å². The lowest BCUT2D eigenvalue weighted by Crippen LogP contribution is -2.52. The Hall–Kier alpha value is -3.07. The van der Waals surface area contributed by atoms with Gasteiger partial charge in [0.05, 0.1) is 10.6 Å². The first-order chi connectivity index (χ1) is 19.1. The van der Waals surface area contributed by atoms with Crippen LogP contribution in [0.4, 0.5) is 5.69 Å². The zero-order chi connectivity index (χ0) is 28.9. The summed E-state index contributed by atoms with van der Waals surface area (Å²) in [6, 6.07) is 19.1. The number of sulfonamides is 1. The summed E-state index contributed by atoms with van der Waals surface area (Å²) < 4.78 is 28.9. The van der Waals surface area contributed by atoms with Crippen molar-refractivity contribution in [2.45, 2.75) is 63.1 Å². The molecule has 3 aromatic rings. The van der Waals surface area contributed by atoms with E-state index in [0.717, 1.165) is 30.0 Å². The van der Waals surface area contributed by atoms with Crippen molar-refractivity contribution < 1.29 is 18.0 Å². The molecular weight excluding hydrogens is 569 g/mol. The molecule has 1 aliphatic carbocycles. The van der Waals surface area contributed by atoms with E-state index in [0.29, 0.717) is 26.9 Å². The predicted molar refractivity (Wildman–Crippen MR) is 159 cm³/mol. The molecule has 212 valence electrons. The molecule has 1 aliphatic rings. The number of amides is 2. The molecule has 0 bridgehead atoms. The van der Waals surface area contributed by atoms with Gasteiger partial charge in [0, 0.05) is 22.6 Å². The van der Waals surface area contributed by atoms with E-state index in [1.54, 1.807) is 62.4 Å². The minimum Gasteiger partial charge on any atom is -0.352 e. The summed E-state index contributed by atoms with van der Waals surface area (Å²) in [6.45, 7) is 2.97. The molecule has 0 radical (unpaired) electrons. The van der Waals surface area contributed by atoms with Gasteiger partial charge in [0.1, 0.15) is 12.6 Å². The highest BCUT2D eigenvalue weighted by atomic mass is 35.5. The van der Waals surface area contributed by atoms with Gasteiger partial charge in [-0.25, -0.2) is 8.42 Å². The highest BCUT2D eigenvalue weighted by Crippen LogP contribution is 2.28. The van der Waals surface area contributed by atoms with E-state index >= 15 is 0 Å². The fraction of sp³-hybridized carbons (Fsp3) is 0.333. The van der Waals surface area contributed by atoms with Crippen LogP contribution in [0.2, 0.25) is 10.0 Å². The first-order valence-corrected chi connectivity index (χ1v) is 15.4. The van der Waals surface area contributed by atoms with Crippen molar-refractivity contribution in [1.82, 2.24) is 10.2 Å². The smallest absolute Gasteiger partial charge is 0.264 e. The average Bonchev–Trinajstić information content (AvgIpc) is 3.44. The molecule has 1 saturated carbocycles. The summed E-state index contributed by atoms with van der Waals surface area (Å²) in [5, 5.41) is 3.91. The molecule has 40 heavy (non-hydrogen) atoms. The van der Waals surface area contributed by atoms with Crippen LogP contribution in [0.15, 0.2) is 77.7 Å². The first kappa shape index (κ1) is 29.9. The van der Waals surface area contributed by atoms with Crippen LogP contribution in [0.25, 0.3) is 0 Å². The van der Waals surface area contributed by atoms with Crippen LogP contribution in [-0.2, 0) is 26.2 Å². The number of aryl methyl sites for hydroxylation is 1. The summed E-state index contributed by atoms with van der Waals surface area (Å²) in [7, 11) is -4.17. The summed E-state index contributed by atoms with van der Waals surface area (Å²) in [5.41, 5.74) is 1.70. The molecule has 0 heterocycles. The maximum Gasteiger partial charge on any atom is 0.264 e. The normalized spacial score (nSPS) is 14.5. The second-order valence-corrected chi connectivity index (χ2v) is 12.7. The van der Waals surface area contributed by atoms with Crippen LogP contribution >= 0.6 is 23.2 Å². The molecular formula is C30H33Cl2N3O4S. The number of carbonyl (C=O) groups is 2. The molecule has 3 aromatic carbocycles. The van der Waals surface area contributed by atoms with Crippen molar-refractivity contribution in [3.63, 3.8) is 0 Å².